The molecule has 2 unspecified atom stereocenters. The van der Waals surface area contributed by atoms with Crippen molar-refractivity contribution in [1.29, 1.82) is 0 Å². The minimum absolute atomic E-state index is 0.870. The molecular weight excluding hydrogens is 164 g/mol. The Morgan fingerprint density at radius 3 is 2.92 bits per heavy atom. The Balaban J connectivity index is 1.45. The summed E-state index contributed by atoms with van der Waals surface area (Å²) in [6, 6.07) is 0. The normalized spacial score (nSPS) is 41.5. The van der Waals surface area contributed by atoms with Crippen LogP contribution in [0, 0.1) is 17.8 Å². The lowest BCUT2D eigenvalue weighted by atomic mass is 10.3. The third kappa shape index (κ3) is 1.35. The summed E-state index contributed by atoms with van der Waals surface area (Å²) in [5.74, 6) is 3.87. The van der Waals surface area contributed by atoms with E-state index in [1.807, 2.05) is 0 Å². The van der Waals surface area contributed by atoms with Gasteiger partial charge in [0.2, 0.25) is 0 Å². The molecule has 3 heteroatoms. The van der Waals surface area contributed by atoms with E-state index in [2.05, 4.69) is 10.3 Å². The van der Waals surface area contributed by atoms with E-state index >= 15 is 0 Å². The van der Waals surface area contributed by atoms with Crippen molar-refractivity contribution in [3.8, 4) is 0 Å². The first-order chi connectivity index (χ1) is 6.45. The van der Waals surface area contributed by atoms with Crippen LogP contribution in [0.1, 0.15) is 12.8 Å². The van der Waals surface area contributed by atoms with E-state index < -0.39 is 0 Å². The minimum Gasteiger partial charge on any atom is -0.381 e. The first-order valence-corrected chi connectivity index (χ1v) is 5.30. The van der Waals surface area contributed by atoms with Crippen LogP contribution in [0.3, 0.4) is 0 Å². The molecule has 72 valence electrons. The molecule has 2 fully saturated rings. The summed E-state index contributed by atoms with van der Waals surface area (Å²) in [5, 5.41) is 3.47. The topological polar surface area (TPSA) is 33.6 Å². The Bertz CT molecular complexity index is 229. The maximum Gasteiger partial charge on any atom is 0.0963 e. The highest BCUT2D eigenvalue weighted by Crippen LogP contribution is 2.50. The number of amidine groups is 1. The lowest BCUT2D eigenvalue weighted by molar-refractivity contribution is 0.151. The molecule has 0 aromatic carbocycles. The molecule has 2 heterocycles. The Kier molecular flexibility index (Phi) is 1.79. The van der Waals surface area contributed by atoms with Crippen LogP contribution >= 0.6 is 0 Å². The number of nitrogens with one attached hydrogen (secondary N) is 1. The largest absolute Gasteiger partial charge is 0.381 e. The van der Waals surface area contributed by atoms with Crippen LogP contribution in [-0.2, 0) is 4.74 Å². The van der Waals surface area contributed by atoms with Crippen molar-refractivity contribution in [3.63, 3.8) is 0 Å². The summed E-state index contributed by atoms with van der Waals surface area (Å²) in [6.07, 6.45) is 2.40. The lowest BCUT2D eigenvalue weighted by Gasteiger charge is -2.06. The predicted octanol–water partition coefficient (Wildman–Crippen LogP) is 0.661. The molecule has 0 aromatic heterocycles. The third-order valence-corrected chi connectivity index (χ3v) is 3.55. The van der Waals surface area contributed by atoms with E-state index in [0.717, 1.165) is 44.1 Å². The molecular formula is C10H16N2O. The molecule has 3 aliphatic rings. The highest BCUT2D eigenvalue weighted by atomic mass is 16.5. The molecule has 0 bridgehead atoms. The molecule has 3 rings (SSSR count). The van der Waals surface area contributed by atoms with Crippen molar-refractivity contribution in [1.82, 2.24) is 5.32 Å². The standard InChI is InChI=1S/C10H16N2O/c1-2-10(11-3-1)12-4-7-8-5-13-6-9(7)8/h7-9H,1-6H2,(H,11,12). The lowest BCUT2D eigenvalue weighted by Crippen LogP contribution is -2.25. The number of hydrogen-bond donors (Lipinski definition) is 1. The van der Waals surface area contributed by atoms with Crippen LogP contribution < -0.4 is 5.32 Å². The Morgan fingerprint density at radius 1 is 1.38 bits per heavy atom. The highest BCUT2D eigenvalue weighted by molar-refractivity contribution is 5.83. The maximum atomic E-state index is 5.35. The predicted molar refractivity (Wildman–Crippen MR) is 50.8 cm³/mol. The van der Waals surface area contributed by atoms with Gasteiger partial charge in [-0.1, -0.05) is 0 Å². The molecule has 1 N–H and O–H groups in total. The zero-order valence-corrected chi connectivity index (χ0v) is 7.83. The average Bonchev–Trinajstić information content (AvgIpc) is 2.68. The molecule has 13 heavy (non-hydrogen) atoms. The molecule has 2 atom stereocenters. The van der Waals surface area contributed by atoms with Gasteiger partial charge in [-0.25, -0.2) is 0 Å². The average molecular weight is 180 g/mol. The SMILES string of the molecule is C1CN=C(NCC2C3COCC23)C1. The number of rotatable bonds is 2. The summed E-state index contributed by atoms with van der Waals surface area (Å²) >= 11 is 0. The minimum atomic E-state index is 0.870. The van der Waals surface area contributed by atoms with Crippen molar-refractivity contribution in [2.45, 2.75) is 12.8 Å². The fourth-order valence-electron chi connectivity index (χ4n) is 2.58. The Labute approximate surface area is 78.6 Å². The van der Waals surface area contributed by atoms with Gasteiger partial charge in [0, 0.05) is 19.5 Å². The molecule has 1 aliphatic carbocycles. The summed E-state index contributed by atoms with van der Waals surface area (Å²) in [6.45, 7) is 4.17. The quantitative estimate of drug-likeness (QED) is 0.677. The summed E-state index contributed by atoms with van der Waals surface area (Å²) in [5.41, 5.74) is 0. The first-order valence-electron chi connectivity index (χ1n) is 5.30. The van der Waals surface area contributed by atoms with Crippen molar-refractivity contribution in [3.05, 3.63) is 0 Å². The van der Waals surface area contributed by atoms with Crippen molar-refractivity contribution in [2.24, 2.45) is 22.7 Å². The monoisotopic (exact) mass is 180 g/mol. The number of aliphatic imine (C=N–C) groups is 1. The van der Waals surface area contributed by atoms with Crippen molar-refractivity contribution in [2.75, 3.05) is 26.3 Å². The number of nitrogens with zero attached hydrogens (tertiary/aromatic N) is 1. The molecule has 1 saturated carbocycles. The highest BCUT2D eigenvalue weighted by Gasteiger charge is 2.53. The van der Waals surface area contributed by atoms with E-state index in [9.17, 15) is 0 Å². The summed E-state index contributed by atoms with van der Waals surface area (Å²) < 4.78 is 5.35. The zero-order valence-electron chi connectivity index (χ0n) is 7.83. The second-order valence-electron chi connectivity index (χ2n) is 4.34. The van der Waals surface area contributed by atoms with Crippen LogP contribution in [0.5, 0.6) is 0 Å². The maximum absolute atomic E-state index is 5.35. The van der Waals surface area contributed by atoms with Gasteiger partial charge in [0.25, 0.3) is 0 Å². The van der Waals surface area contributed by atoms with E-state index in [4.69, 9.17) is 4.74 Å². The second kappa shape index (κ2) is 2.98. The fourth-order valence-corrected chi connectivity index (χ4v) is 2.58. The fraction of sp³-hybridized carbons (Fsp3) is 0.900. The smallest absolute Gasteiger partial charge is 0.0963 e. The summed E-state index contributed by atoms with van der Waals surface area (Å²) in [4.78, 5) is 4.40. The van der Waals surface area contributed by atoms with Crippen molar-refractivity contribution < 1.29 is 4.74 Å². The van der Waals surface area contributed by atoms with Crippen LogP contribution in [0.15, 0.2) is 4.99 Å². The van der Waals surface area contributed by atoms with Crippen LogP contribution in [0.4, 0.5) is 0 Å². The first kappa shape index (κ1) is 7.80. The van der Waals surface area contributed by atoms with E-state index in [0.29, 0.717) is 0 Å². The van der Waals surface area contributed by atoms with Gasteiger partial charge in [0.05, 0.1) is 19.0 Å². The van der Waals surface area contributed by atoms with E-state index in [-0.39, 0.29) is 0 Å². The number of fused-ring (bicyclic) bond motifs is 1. The van der Waals surface area contributed by atoms with Gasteiger partial charge < -0.3 is 10.1 Å². The zero-order chi connectivity index (χ0) is 8.67. The van der Waals surface area contributed by atoms with Gasteiger partial charge >= 0.3 is 0 Å². The van der Waals surface area contributed by atoms with Gasteiger partial charge in [-0.2, -0.15) is 0 Å². The number of ether oxygens (including phenoxy) is 1. The summed E-state index contributed by atoms with van der Waals surface area (Å²) in [7, 11) is 0. The van der Waals surface area contributed by atoms with E-state index in [1.165, 1.54) is 18.7 Å². The second-order valence-corrected chi connectivity index (χ2v) is 4.34. The molecule has 3 nitrogen and oxygen atoms in total. The Hall–Kier alpha value is -0.570. The molecule has 0 amide bonds. The molecule has 1 saturated heterocycles. The Morgan fingerprint density at radius 2 is 2.23 bits per heavy atom. The van der Waals surface area contributed by atoms with Crippen LogP contribution in [0.2, 0.25) is 0 Å². The number of hydrogen-bond acceptors (Lipinski definition) is 3. The van der Waals surface area contributed by atoms with Gasteiger partial charge in [0.15, 0.2) is 0 Å². The van der Waals surface area contributed by atoms with Gasteiger partial charge in [0.1, 0.15) is 0 Å². The van der Waals surface area contributed by atoms with Crippen molar-refractivity contribution >= 4 is 5.84 Å². The molecule has 0 aromatic rings. The van der Waals surface area contributed by atoms with E-state index in [1.54, 1.807) is 0 Å². The molecule has 2 aliphatic heterocycles. The van der Waals surface area contributed by atoms with Crippen LogP contribution in [-0.4, -0.2) is 32.1 Å². The molecule has 0 radical (unpaired) electrons. The van der Waals surface area contributed by atoms with Gasteiger partial charge in [-0.15, -0.1) is 0 Å². The molecule has 0 spiro atoms. The van der Waals surface area contributed by atoms with Gasteiger partial charge in [-0.3, -0.25) is 4.99 Å². The third-order valence-electron chi connectivity index (χ3n) is 3.55. The van der Waals surface area contributed by atoms with Gasteiger partial charge in [-0.05, 0) is 24.2 Å². The van der Waals surface area contributed by atoms with Crippen LogP contribution in [0.25, 0.3) is 0 Å².